The fourth-order valence-electron chi connectivity index (χ4n) is 5.35. The van der Waals surface area contributed by atoms with Crippen LogP contribution >= 0.6 is 0 Å². The number of aliphatic imine (C=N–C) groups is 1. The fraction of sp³-hybridized carbons (Fsp3) is 0.286. The number of hydrogen-bond donors (Lipinski definition) is 9. The van der Waals surface area contributed by atoms with Crippen molar-refractivity contribution < 1.29 is 29.4 Å². The first-order valence-corrected chi connectivity index (χ1v) is 15.8. The summed E-state index contributed by atoms with van der Waals surface area (Å²) in [5, 5.41) is 28.6. The summed E-state index contributed by atoms with van der Waals surface area (Å²) < 4.78 is 0. The quantitative estimate of drug-likeness (QED) is 0.0437. The van der Waals surface area contributed by atoms with E-state index in [1.807, 2.05) is 54.6 Å². The number of carboxylic acids is 1. The second-order valence-corrected chi connectivity index (χ2v) is 11.7. The topological polar surface area (TPSA) is 251 Å². The lowest BCUT2D eigenvalue weighted by molar-refractivity contribution is -0.142. The fourth-order valence-corrected chi connectivity index (χ4v) is 5.35. The van der Waals surface area contributed by atoms with E-state index < -0.39 is 47.9 Å². The number of nitrogens with two attached hydrogens (primary N) is 3. The molecule has 0 bridgehead atoms. The van der Waals surface area contributed by atoms with Crippen molar-refractivity contribution in [3.05, 3.63) is 102 Å². The summed E-state index contributed by atoms with van der Waals surface area (Å²) in [6.07, 6.45) is 2.28. The molecule has 0 fully saturated rings. The van der Waals surface area contributed by atoms with E-state index in [2.05, 4.69) is 25.9 Å². The molecular formula is C35H42N8O6. The van der Waals surface area contributed by atoms with Crippen LogP contribution in [0.25, 0.3) is 10.9 Å². The number of phenols is 1. The number of H-pyrrole nitrogens is 1. The zero-order valence-corrected chi connectivity index (χ0v) is 26.8. The van der Waals surface area contributed by atoms with Gasteiger partial charge >= 0.3 is 5.97 Å². The first-order valence-electron chi connectivity index (χ1n) is 15.8. The van der Waals surface area contributed by atoms with E-state index in [1.165, 1.54) is 12.1 Å². The Labute approximate surface area is 283 Å². The van der Waals surface area contributed by atoms with Gasteiger partial charge in [-0.2, -0.15) is 0 Å². The van der Waals surface area contributed by atoms with Gasteiger partial charge in [-0.1, -0.05) is 60.7 Å². The third kappa shape index (κ3) is 10.8. The van der Waals surface area contributed by atoms with E-state index in [0.717, 1.165) is 16.5 Å². The number of amides is 3. The maximum Gasteiger partial charge on any atom is 0.326 e. The van der Waals surface area contributed by atoms with Crippen molar-refractivity contribution in [2.75, 3.05) is 6.54 Å². The Bertz CT molecular complexity index is 1750. The van der Waals surface area contributed by atoms with Crippen LogP contribution in [-0.4, -0.2) is 75.6 Å². The Kier molecular flexibility index (Phi) is 12.7. The number of aliphatic carboxylic acids is 1. The van der Waals surface area contributed by atoms with Crippen LogP contribution in [0.15, 0.2) is 90.1 Å². The monoisotopic (exact) mass is 670 g/mol. The Morgan fingerprint density at radius 2 is 1.35 bits per heavy atom. The molecule has 1 heterocycles. The lowest BCUT2D eigenvalue weighted by Crippen LogP contribution is -2.58. The highest BCUT2D eigenvalue weighted by atomic mass is 16.4. The third-order valence-corrected chi connectivity index (χ3v) is 7.94. The predicted octanol–water partition coefficient (Wildman–Crippen LogP) is 0.821. The molecular weight excluding hydrogens is 628 g/mol. The molecule has 4 unspecified atom stereocenters. The maximum atomic E-state index is 13.8. The molecule has 0 aliphatic carbocycles. The summed E-state index contributed by atoms with van der Waals surface area (Å²) in [6, 6.07) is 17.9. The number of benzene rings is 3. The van der Waals surface area contributed by atoms with Crippen LogP contribution in [0.2, 0.25) is 0 Å². The second-order valence-electron chi connectivity index (χ2n) is 11.7. The number of nitrogens with one attached hydrogen (secondary N) is 4. The zero-order chi connectivity index (χ0) is 35.3. The van der Waals surface area contributed by atoms with E-state index in [9.17, 15) is 29.4 Å². The van der Waals surface area contributed by atoms with Crippen LogP contribution in [0, 0.1) is 0 Å². The number of nitrogens with zero attached hydrogens (tertiary/aromatic N) is 1. The van der Waals surface area contributed by atoms with Gasteiger partial charge in [0.05, 0.1) is 6.04 Å². The molecule has 14 heteroatoms. The Balaban J connectivity index is 1.53. The van der Waals surface area contributed by atoms with Crippen molar-refractivity contribution in [2.24, 2.45) is 22.2 Å². The number of hydrogen-bond acceptors (Lipinski definition) is 7. The van der Waals surface area contributed by atoms with Crippen LogP contribution in [0.3, 0.4) is 0 Å². The molecule has 3 amide bonds. The summed E-state index contributed by atoms with van der Waals surface area (Å²) in [7, 11) is 0. The summed E-state index contributed by atoms with van der Waals surface area (Å²) >= 11 is 0. The number of phenolic OH excluding ortho intramolecular Hbond substituents is 1. The molecule has 0 radical (unpaired) electrons. The molecule has 0 spiro atoms. The van der Waals surface area contributed by atoms with E-state index in [4.69, 9.17) is 17.2 Å². The van der Waals surface area contributed by atoms with Crippen molar-refractivity contribution in [1.82, 2.24) is 20.9 Å². The second kappa shape index (κ2) is 17.3. The number of fused-ring (bicyclic) bond motifs is 1. The Hall–Kier alpha value is -5.89. The maximum absolute atomic E-state index is 13.8. The van der Waals surface area contributed by atoms with E-state index in [1.54, 1.807) is 18.3 Å². The molecule has 14 nitrogen and oxygen atoms in total. The summed E-state index contributed by atoms with van der Waals surface area (Å²) in [5.41, 5.74) is 20.0. The number of guanidine groups is 1. The summed E-state index contributed by atoms with van der Waals surface area (Å²) in [4.78, 5) is 60.0. The highest BCUT2D eigenvalue weighted by Crippen LogP contribution is 2.19. The van der Waals surface area contributed by atoms with Crippen molar-refractivity contribution >= 4 is 40.6 Å². The molecule has 12 N–H and O–H groups in total. The van der Waals surface area contributed by atoms with Gasteiger partial charge in [-0.3, -0.25) is 19.4 Å². The molecule has 4 aromatic rings. The average molecular weight is 671 g/mol. The molecule has 3 aromatic carbocycles. The van der Waals surface area contributed by atoms with E-state index >= 15 is 0 Å². The van der Waals surface area contributed by atoms with Gasteiger partial charge in [0.15, 0.2) is 5.96 Å². The van der Waals surface area contributed by atoms with Crippen LogP contribution in [0.5, 0.6) is 5.75 Å². The van der Waals surface area contributed by atoms with Crippen LogP contribution < -0.4 is 33.2 Å². The molecule has 4 atom stereocenters. The molecule has 1 aromatic heterocycles. The number of rotatable bonds is 17. The molecule has 258 valence electrons. The number of carbonyl (C=O) groups excluding carboxylic acids is 3. The van der Waals surface area contributed by atoms with Crippen LogP contribution in [0.1, 0.15) is 29.5 Å². The minimum absolute atomic E-state index is 0.00819. The van der Waals surface area contributed by atoms with E-state index in [0.29, 0.717) is 17.5 Å². The predicted molar refractivity (Wildman–Crippen MR) is 185 cm³/mol. The first-order chi connectivity index (χ1) is 23.5. The molecule has 0 aliphatic heterocycles. The summed E-state index contributed by atoms with van der Waals surface area (Å²) in [6.45, 7) is 0.184. The standard InChI is InChI=1S/C35H42N8O6/c36-26(17-21-7-2-1-3-8-21)31(45)41-28(11-6-16-39-35(37)38)32(46)42-29(18-22-12-14-24(44)15-13-22)33(47)43-30(34(48)49)19-23-20-40-27-10-5-4-9-25(23)27/h1-5,7-10,12-15,20,26,28-30,40,44H,6,11,16-19,36H2,(H,41,45)(H,42,46)(H,43,47)(H,48,49)(H4,37,38,39). The number of para-hydroxylation sites is 1. The van der Waals surface area contributed by atoms with Crippen LogP contribution in [-0.2, 0) is 38.4 Å². The number of carboxylic acid groups (broad SMARTS) is 1. The summed E-state index contributed by atoms with van der Waals surface area (Å²) in [5.74, 6) is -3.39. The first kappa shape index (κ1) is 36.0. The number of aromatic hydroxyl groups is 1. The van der Waals surface area contributed by atoms with Gasteiger partial charge in [0.1, 0.15) is 23.9 Å². The smallest absolute Gasteiger partial charge is 0.326 e. The molecule has 0 aliphatic rings. The van der Waals surface area contributed by atoms with Crippen molar-refractivity contribution in [3.8, 4) is 5.75 Å². The molecule has 0 saturated carbocycles. The van der Waals surface area contributed by atoms with Gasteiger partial charge in [0.25, 0.3) is 0 Å². The van der Waals surface area contributed by atoms with Crippen molar-refractivity contribution in [3.63, 3.8) is 0 Å². The van der Waals surface area contributed by atoms with Gasteiger partial charge in [-0.25, -0.2) is 4.79 Å². The largest absolute Gasteiger partial charge is 0.508 e. The lowest BCUT2D eigenvalue weighted by Gasteiger charge is -2.25. The zero-order valence-electron chi connectivity index (χ0n) is 26.8. The van der Waals surface area contributed by atoms with Crippen molar-refractivity contribution in [1.29, 1.82) is 0 Å². The van der Waals surface area contributed by atoms with Gasteiger partial charge in [0, 0.05) is 36.5 Å². The number of carbonyl (C=O) groups is 4. The van der Waals surface area contributed by atoms with Gasteiger partial charge in [-0.05, 0) is 54.2 Å². The minimum Gasteiger partial charge on any atom is -0.508 e. The van der Waals surface area contributed by atoms with Crippen LogP contribution in [0.4, 0.5) is 0 Å². The van der Waals surface area contributed by atoms with Gasteiger partial charge < -0.3 is 48.3 Å². The molecule has 49 heavy (non-hydrogen) atoms. The highest BCUT2D eigenvalue weighted by molar-refractivity contribution is 5.94. The third-order valence-electron chi connectivity index (χ3n) is 7.94. The average Bonchev–Trinajstić information content (AvgIpc) is 3.49. The lowest BCUT2D eigenvalue weighted by atomic mass is 10.0. The Morgan fingerprint density at radius 3 is 2.04 bits per heavy atom. The van der Waals surface area contributed by atoms with Gasteiger partial charge in [-0.15, -0.1) is 0 Å². The van der Waals surface area contributed by atoms with Gasteiger partial charge in [0.2, 0.25) is 17.7 Å². The number of aromatic nitrogens is 1. The number of aromatic amines is 1. The SMILES string of the molecule is NC(N)=NCCCC(NC(=O)C(N)Cc1ccccc1)C(=O)NC(Cc1ccc(O)cc1)C(=O)NC(Cc1c[nH]c2ccccc12)C(=O)O. The minimum atomic E-state index is -1.32. The highest BCUT2D eigenvalue weighted by Gasteiger charge is 2.31. The van der Waals surface area contributed by atoms with E-state index in [-0.39, 0.29) is 43.9 Å². The van der Waals surface area contributed by atoms with Crippen molar-refractivity contribution in [2.45, 2.75) is 56.3 Å². The molecule has 0 saturated heterocycles. The normalized spacial score (nSPS) is 13.4. The molecule has 4 rings (SSSR count). The Morgan fingerprint density at radius 1 is 0.735 bits per heavy atom.